The van der Waals surface area contributed by atoms with Gasteiger partial charge in [0.15, 0.2) is 9.84 Å². The van der Waals surface area contributed by atoms with Crippen LogP contribution in [0.5, 0.6) is 5.75 Å². The van der Waals surface area contributed by atoms with E-state index >= 15 is 0 Å². The van der Waals surface area contributed by atoms with Crippen molar-refractivity contribution in [2.75, 3.05) is 24.0 Å². The fraction of sp³-hybridized carbons (Fsp3) is 0.467. The van der Waals surface area contributed by atoms with E-state index in [-0.39, 0.29) is 24.0 Å². The Bertz CT molecular complexity index is 597. The van der Waals surface area contributed by atoms with Gasteiger partial charge in [-0.05, 0) is 31.0 Å². The molecular weight excluding hydrogens is 296 g/mol. The van der Waals surface area contributed by atoms with Crippen molar-refractivity contribution in [3.8, 4) is 17.6 Å². The molecule has 0 heterocycles. The molecule has 0 aliphatic heterocycles. The van der Waals surface area contributed by atoms with Crippen molar-refractivity contribution in [2.24, 2.45) is 0 Å². The molecule has 0 unspecified atom stereocenters. The second kappa shape index (κ2) is 8.18. The molecule has 0 aliphatic carbocycles. The van der Waals surface area contributed by atoms with Gasteiger partial charge in [-0.1, -0.05) is 24.8 Å². The molecule has 1 rings (SSSR count). The van der Waals surface area contributed by atoms with Gasteiger partial charge < -0.3 is 4.74 Å². The molecule has 0 N–H and O–H groups in total. The van der Waals surface area contributed by atoms with Crippen molar-refractivity contribution in [2.45, 2.75) is 20.3 Å². The zero-order valence-corrected chi connectivity index (χ0v) is 13.4. The molecule has 3 nitrogen and oxygen atoms in total. The average molecular weight is 315 g/mol. The van der Waals surface area contributed by atoms with E-state index in [1.165, 1.54) is 0 Å². The van der Waals surface area contributed by atoms with E-state index in [2.05, 4.69) is 11.8 Å². The fourth-order valence-electron chi connectivity index (χ4n) is 1.69. The van der Waals surface area contributed by atoms with Crippen molar-refractivity contribution in [3.05, 3.63) is 29.3 Å². The van der Waals surface area contributed by atoms with Crippen LogP contribution in [0.1, 0.15) is 24.5 Å². The molecule has 0 atom stereocenters. The van der Waals surface area contributed by atoms with Crippen LogP contribution in [-0.4, -0.2) is 32.4 Å². The van der Waals surface area contributed by atoms with Crippen LogP contribution in [0.3, 0.4) is 0 Å². The van der Waals surface area contributed by atoms with E-state index in [1.54, 1.807) is 6.07 Å². The Morgan fingerprint density at radius 2 is 2.05 bits per heavy atom. The first-order chi connectivity index (χ1) is 9.48. The number of halogens is 1. The van der Waals surface area contributed by atoms with Crippen LogP contribution in [0.4, 0.5) is 0 Å². The number of aryl methyl sites for hydroxylation is 1. The average Bonchev–Trinajstić information content (AvgIpc) is 2.38. The summed E-state index contributed by atoms with van der Waals surface area (Å²) in [7, 11) is -3.02. The summed E-state index contributed by atoms with van der Waals surface area (Å²) in [6.45, 7) is 3.94. The number of rotatable bonds is 6. The van der Waals surface area contributed by atoms with Gasteiger partial charge in [-0.25, -0.2) is 8.42 Å². The number of sulfone groups is 1. The third kappa shape index (κ3) is 5.85. The highest BCUT2D eigenvalue weighted by atomic mass is 35.5. The summed E-state index contributed by atoms with van der Waals surface area (Å²) in [5.74, 6) is 6.76. The molecule has 110 valence electrons. The maximum atomic E-state index is 11.6. The summed E-state index contributed by atoms with van der Waals surface area (Å²) in [6.07, 6.45) is 0.624. The van der Waals surface area contributed by atoms with Gasteiger partial charge in [0.05, 0.1) is 22.9 Å². The fourth-order valence-corrected chi connectivity index (χ4v) is 2.92. The molecule has 1 aromatic rings. The molecule has 0 aliphatic rings. The quantitative estimate of drug-likeness (QED) is 0.599. The van der Waals surface area contributed by atoms with Crippen LogP contribution in [0.15, 0.2) is 18.2 Å². The van der Waals surface area contributed by atoms with Crippen molar-refractivity contribution >= 4 is 21.4 Å². The van der Waals surface area contributed by atoms with Crippen molar-refractivity contribution in [1.82, 2.24) is 0 Å². The first kappa shape index (κ1) is 16.9. The molecule has 0 radical (unpaired) electrons. The molecule has 1 aromatic carbocycles. The molecule has 0 amide bonds. The van der Waals surface area contributed by atoms with Gasteiger partial charge in [-0.3, -0.25) is 0 Å². The van der Waals surface area contributed by atoms with Crippen LogP contribution >= 0.6 is 11.6 Å². The van der Waals surface area contributed by atoms with Gasteiger partial charge >= 0.3 is 0 Å². The largest absolute Gasteiger partial charge is 0.491 e. The maximum Gasteiger partial charge on any atom is 0.153 e. The van der Waals surface area contributed by atoms with Crippen molar-refractivity contribution in [3.63, 3.8) is 0 Å². The Labute approximate surface area is 126 Å². The number of alkyl halides is 1. The second-order valence-corrected chi connectivity index (χ2v) is 7.01. The van der Waals surface area contributed by atoms with E-state index in [0.29, 0.717) is 12.2 Å². The molecule has 5 heteroatoms. The van der Waals surface area contributed by atoms with Gasteiger partial charge in [-0.2, -0.15) is 0 Å². The van der Waals surface area contributed by atoms with Gasteiger partial charge in [-0.15, -0.1) is 11.6 Å². The minimum atomic E-state index is -3.02. The summed E-state index contributed by atoms with van der Waals surface area (Å²) < 4.78 is 28.8. The Balaban J connectivity index is 2.73. The van der Waals surface area contributed by atoms with Crippen molar-refractivity contribution < 1.29 is 13.2 Å². The molecular formula is C15H19ClO3S. The smallest absolute Gasteiger partial charge is 0.153 e. The molecule has 20 heavy (non-hydrogen) atoms. The van der Waals surface area contributed by atoms with Crippen molar-refractivity contribution in [1.29, 1.82) is 0 Å². The minimum absolute atomic E-state index is 0.0249. The summed E-state index contributed by atoms with van der Waals surface area (Å²) in [5.41, 5.74) is 1.80. The Morgan fingerprint density at radius 1 is 1.30 bits per heavy atom. The maximum absolute atomic E-state index is 11.6. The standard InChI is InChI=1S/C15H19ClO3S/c1-3-10-20(17,18)11-9-19-15-7-6-13(2)12-14(15)5-4-8-16/h6-7,12H,3,8-11H2,1-2H3. The first-order valence-electron chi connectivity index (χ1n) is 6.47. The van der Waals surface area contributed by atoms with Crippen LogP contribution in [0.2, 0.25) is 0 Å². The lowest BCUT2D eigenvalue weighted by Gasteiger charge is -2.09. The molecule has 0 spiro atoms. The number of ether oxygens (including phenoxy) is 1. The number of hydrogen-bond donors (Lipinski definition) is 0. The van der Waals surface area contributed by atoms with Gasteiger partial charge in [0.25, 0.3) is 0 Å². The highest BCUT2D eigenvalue weighted by molar-refractivity contribution is 7.91. The monoisotopic (exact) mass is 314 g/mol. The van der Waals surface area contributed by atoms with Gasteiger partial charge in [0, 0.05) is 0 Å². The minimum Gasteiger partial charge on any atom is -0.491 e. The Kier molecular flexibility index (Phi) is 6.90. The first-order valence-corrected chi connectivity index (χ1v) is 8.83. The second-order valence-electron chi connectivity index (χ2n) is 4.44. The molecule has 0 saturated carbocycles. The summed E-state index contributed by atoms with van der Waals surface area (Å²) in [5, 5.41) is 0. The summed E-state index contributed by atoms with van der Waals surface area (Å²) in [4.78, 5) is 0. The SMILES string of the molecule is CCCS(=O)(=O)CCOc1ccc(C)cc1C#CCCl. The lowest BCUT2D eigenvalue weighted by atomic mass is 10.1. The predicted molar refractivity (Wildman–Crippen MR) is 83.2 cm³/mol. The van der Waals surface area contributed by atoms with Gasteiger partial charge in [0.1, 0.15) is 12.4 Å². The Morgan fingerprint density at radius 3 is 2.70 bits per heavy atom. The molecule has 0 fully saturated rings. The third-order valence-corrected chi connectivity index (χ3v) is 4.54. The zero-order chi connectivity index (χ0) is 15.0. The molecule has 0 aromatic heterocycles. The zero-order valence-electron chi connectivity index (χ0n) is 11.8. The van der Waals surface area contributed by atoms with E-state index in [1.807, 2.05) is 26.0 Å². The van der Waals surface area contributed by atoms with Crippen LogP contribution < -0.4 is 4.74 Å². The lowest BCUT2D eigenvalue weighted by molar-refractivity contribution is 0.340. The van der Waals surface area contributed by atoms with Crippen LogP contribution in [0, 0.1) is 18.8 Å². The van der Waals surface area contributed by atoms with Crippen LogP contribution in [0.25, 0.3) is 0 Å². The molecule has 0 bridgehead atoms. The van der Waals surface area contributed by atoms with E-state index in [4.69, 9.17) is 16.3 Å². The van der Waals surface area contributed by atoms with E-state index in [9.17, 15) is 8.42 Å². The normalized spacial score (nSPS) is 10.8. The van der Waals surface area contributed by atoms with Crippen LogP contribution in [-0.2, 0) is 9.84 Å². The predicted octanol–water partition coefficient (Wildman–Crippen LogP) is 2.79. The lowest BCUT2D eigenvalue weighted by Crippen LogP contribution is -2.17. The summed E-state index contributed by atoms with van der Waals surface area (Å²) >= 11 is 5.55. The summed E-state index contributed by atoms with van der Waals surface area (Å²) in [6, 6.07) is 5.61. The van der Waals surface area contributed by atoms with E-state index < -0.39 is 9.84 Å². The highest BCUT2D eigenvalue weighted by Crippen LogP contribution is 2.19. The topological polar surface area (TPSA) is 43.4 Å². The van der Waals surface area contributed by atoms with Gasteiger partial charge in [0.2, 0.25) is 0 Å². The number of hydrogen-bond acceptors (Lipinski definition) is 3. The van der Waals surface area contributed by atoms with E-state index in [0.717, 1.165) is 11.1 Å². The molecule has 0 saturated heterocycles. The Hall–Kier alpha value is -1.18. The highest BCUT2D eigenvalue weighted by Gasteiger charge is 2.10. The number of benzene rings is 1. The third-order valence-electron chi connectivity index (χ3n) is 2.59.